The molecule has 0 aromatic heterocycles. The van der Waals surface area contributed by atoms with Gasteiger partial charge in [-0.1, -0.05) is 0 Å². The molecule has 0 N–H and O–H groups in total. The second-order valence-corrected chi connectivity index (χ2v) is 6.46. The molecule has 1 atom stereocenters. The first-order valence-corrected chi connectivity index (χ1v) is 8.20. The lowest BCUT2D eigenvalue weighted by atomic mass is 9.92. The maximum Gasteiger partial charge on any atom is 0.261 e. The fourth-order valence-corrected chi connectivity index (χ4v) is 3.42. The molecule has 2 heterocycles. The normalized spacial score (nSPS) is 25.7. The maximum absolute atomic E-state index is 15.2. The van der Waals surface area contributed by atoms with Crippen LogP contribution < -0.4 is 0 Å². The predicted molar refractivity (Wildman–Crippen MR) is 82.1 cm³/mol. The van der Waals surface area contributed by atoms with E-state index in [4.69, 9.17) is 4.74 Å². The molecular weight excluding hydrogens is 321 g/mol. The minimum Gasteiger partial charge on any atom is -0.378 e. The van der Waals surface area contributed by atoms with E-state index in [0.717, 1.165) is 6.07 Å². The van der Waals surface area contributed by atoms with Gasteiger partial charge in [-0.15, -0.1) is 0 Å². The fourth-order valence-electron chi connectivity index (χ4n) is 3.42. The van der Waals surface area contributed by atoms with Crippen LogP contribution in [0.1, 0.15) is 18.4 Å². The van der Waals surface area contributed by atoms with Crippen LogP contribution in [0.4, 0.5) is 13.2 Å². The lowest BCUT2D eigenvalue weighted by Gasteiger charge is -2.40. The lowest BCUT2D eigenvalue weighted by molar-refractivity contribution is -0.152. The second kappa shape index (κ2) is 7.11. The molecule has 2 aliphatic rings. The third-order valence-corrected chi connectivity index (χ3v) is 4.53. The molecule has 4 nitrogen and oxygen atoms in total. The fraction of sp³-hybridized carbons (Fsp3) is 0.588. The standard InChI is InChI=1S/C17H21F3N2O2/c18-14-8-13(9-15(19)10-14)11-21-3-1-2-17(20,12-21)16(23)22-4-6-24-7-5-22/h8-10H,1-7,11-12H2. The first-order valence-electron chi connectivity index (χ1n) is 8.20. The average molecular weight is 342 g/mol. The van der Waals surface area contributed by atoms with Crippen molar-refractivity contribution in [1.29, 1.82) is 0 Å². The number of carbonyl (C=O) groups is 1. The monoisotopic (exact) mass is 342 g/mol. The molecule has 1 aromatic carbocycles. The number of alkyl halides is 1. The summed E-state index contributed by atoms with van der Waals surface area (Å²) < 4.78 is 47.0. The minimum atomic E-state index is -1.94. The van der Waals surface area contributed by atoms with Crippen molar-refractivity contribution in [2.24, 2.45) is 0 Å². The number of amides is 1. The van der Waals surface area contributed by atoms with E-state index < -0.39 is 23.2 Å². The van der Waals surface area contributed by atoms with E-state index in [1.165, 1.54) is 17.0 Å². The molecule has 24 heavy (non-hydrogen) atoms. The Hall–Kier alpha value is -1.60. The van der Waals surface area contributed by atoms with E-state index in [1.54, 1.807) is 4.90 Å². The Labute approximate surface area is 139 Å². The van der Waals surface area contributed by atoms with Crippen molar-refractivity contribution in [2.45, 2.75) is 25.1 Å². The lowest BCUT2D eigenvalue weighted by Crippen LogP contribution is -2.57. The molecule has 2 saturated heterocycles. The molecule has 2 fully saturated rings. The summed E-state index contributed by atoms with van der Waals surface area (Å²) in [6.07, 6.45) is 0.710. The van der Waals surface area contributed by atoms with Crippen LogP contribution in [0.15, 0.2) is 18.2 Å². The SMILES string of the molecule is O=C(N1CCOCC1)C1(F)CCCN(Cc2cc(F)cc(F)c2)C1. The molecule has 0 aliphatic carbocycles. The van der Waals surface area contributed by atoms with Gasteiger partial charge < -0.3 is 9.64 Å². The third kappa shape index (κ3) is 3.89. The van der Waals surface area contributed by atoms with Gasteiger partial charge in [-0.05, 0) is 37.1 Å². The molecule has 1 aromatic rings. The van der Waals surface area contributed by atoms with Crippen LogP contribution in [0.5, 0.6) is 0 Å². The van der Waals surface area contributed by atoms with Gasteiger partial charge in [-0.2, -0.15) is 0 Å². The van der Waals surface area contributed by atoms with E-state index in [9.17, 15) is 13.6 Å². The Kier molecular flexibility index (Phi) is 5.10. The molecule has 0 saturated carbocycles. The van der Waals surface area contributed by atoms with Crippen molar-refractivity contribution in [3.05, 3.63) is 35.4 Å². The van der Waals surface area contributed by atoms with E-state index in [0.29, 0.717) is 44.8 Å². The second-order valence-electron chi connectivity index (χ2n) is 6.46. The molecule has 3 rings (SSSR count). The van der Waals surface area contributed by atoms with Crippen LogP contribution >= 0.6 is 0 Å². The highest BCUT2D eigenvalue weighted by atomic mass is 19.1. The van der Waals surface area contributed by atoms with E-state index >= 15 is 4.39 Å². The van der Waals surface area contributed by atoms with Gasteiger partial charge in [0.25, 0.3) is 5.91 Å². The van der Waals surface area contributed by atoms with Gasteiger partial charge in [0.15, 0.2) is 0 Å². The van der Waals surface area contributed by atoms with Crippen LogP contribution in [0.2, 0.25) is 0 Å². The Bertz CT molecular complexity index is 587. The summed E-state index contributed by atoms with van der Waals surface area (Å²) >= 11 is 0. The topological polar surface area (TPSA) is 32.8 Å². The van der Waals surface area contributed by atoms with Gasteiger partial charge in [-0.3, -0.25) is 9.69 Å². The zero-order valence-electron chi connectivity index (χ0n) is 13.4. The first kappa shape index (κ1) is 17.2. The number of nitrogens with zero attached hydrogens (tertiary/aromatic N) is 2. The van der Waals surface area contributed by atoms with Crippen molar-refractivity contribution in [3.63, 3.8) is 0 Å². The van der Waals surface area contributed by atoms with Gasteiger partial charge in [0, 0.05) is 32.2 Å². The molecule has 1 unspecified atom stereocenters. The van der Waals surface area contributed by atoms with Crippen molar-refractivity contribution >= 4 is 5.91 Å². The minimum absolute atomic E-state index is 0.0542. The van der Waals surface area contributed by atoms with Crippen molar-refractivity contribution in [1.82, 2.24) is 9.80 Å². The number of carbonyl (C=O) groups excluding carboxylic acids is 1. The summed E-state index contributed by atoms with van der Waals surface area (Å²) in [5, 5.41) is 0. The van der Waals surface area contributed by atoms with Crippen LogP contribution in [0.25, 0.3) is 0 Å². The average Bonchev–Trinajstić information content (AvgIpc) is 2.54. The van der Waals surface area contributed by atoms with E-state index in [1.807, 2.05) is 0 Å². The molecule has 0 radical (unpaired) electrons. The number of piperidine rings is 1. The highest BCUT2D eigenvalue weighted by molar-refractivity contribution is 5.85. The number of ether oxygens (including phenoxy) is 1. The Morgan fingerprint density at radius 1 is 1.12 bits per heavy atom. The first-order chi connectivity index (χ1) is 11.5. The van der Waals surface area contributed by atoms with Gasteiger partial charge in [0.2, 0.25) is 5.67 Å². The smallest absolute Gasteiger partial charge is 0.261 e. The van der Waals surface area contributed by atoms with E-state index in [2.05, 4.69) is 0 Å². The van der Waals surface area contributed by atoms with Crippen molar-refractivity contribution < 1.29 is 22.7 Å². The van der Waals surface area contributed by atoms with Gasteiger partial charge in [-0.25, -0.2) is 13.2 Å². The van der Waals surface area contributed by atoms with Gasteiger partial charge >= 0.3 is 0 Å². The third-order valence-electron chi connectivity index (χ3n) is 4.53. The number of rotatable bonds is 3. The molecule has 7 heteroatoms. The number of hydrogen-bond acceptors (Lipinski definition) is 3. The Morgan fingerprint density at radius 2 is 1.79 bits per heavy atom. The van der Waals surface area contributed by atoms with Crippen molar-refractivity contribution in [2.75, 3.05) is 39.4 Å². The number of morpholine rings is 1. The molecule has 2 aliphatic heterocycles. The highest BCUT2D eigenvalue weighted by Crippen LogP contribution is 2.29. The molecule has 132 valence electrons. The number of likely N-dealkylation sites (tertiary alicyclic amines) is 1. The maximum atomic E-state index is 15.2. The van der Waals surface area contributed by atoms with Crippen LogP contribution in [0, 0.1) is 11.6 Å². The quantitative estimate of drug-likeness (QED) is 0.844. The molecule has 1 amide bonds. The summed E-state index contributed by atoms with van der Waals surface area (Å²) in [5.41, 5.74) is -1.50. The zero-order chi connectivity index (χ0) is 17.2. The van der Waals surface area contributed by atoms with E-state index in [-0.39, 0.29) is 19.5 Å². The molecular formula is C17H21F3N2O2. The molecule has 0 bridgehead atoms. The van der Waals surface area contributed by atoms with Gasteiger partial charge in [0.05, 0.1) is 13.2 Å². The Balaban J connectivity index is 1.67. The summed E-state index contributed by atoms with van der Waals surface area (Å²) in [5.74, 6) is -1.81. The largest absolute Gasteiger partial charge is 0.378 e. The summed E-state index contributed by atoms with van der Waals surface area (Å²) in [7, 11) is 0. The van der Waals surface area contributed by atoms with Crippen LogP contribution in [0.3, 0.4) is 0 Å². The van der Waals surface area contributed by atoms with Crippen LogP contribution in [-0.2, 0) is 16.1 Å². The van der Waals surface area contributed by atoms with Gasteiger partial charge in [0.1, 0.15) is 11.6 Å². The summed E-state index contributed by atoms with van der Waals surface area (Å²) in [6, 6.07) is 3.28. The predicted octanol–water partition coefficient (Wildman–Crippen LogP) is 2.13. The summed E-state index contributed by atoms with van der Waals surface area (Å²) in [6.45, 7) is 2.42. The number of benzene rings is 1. The summed E-state index contributed by atoms with van der Waals surface area (Å²) in [4.78, 5) is 15.8. The Morgan fingerprint density at radius 3 is 2.46 bits per heavy atom. The highest BCUT2D eigenvalue weighted by Gasteiger charge is 2.45. The number of halogens is 3. The van der Waals surface area contributed by atoms with Crippen molar-refractivity contribution in [3.8, 4) is 0 Å². The zero-order valence-corrected chi connectivity index (χ0v) is 13.4. The molecule has 0 spiro atoms. The van der Waals surface area contributed by atoms with Crippen LogP contribution in [-0.4, -0.2) is 60.8 Å². The number of hydrogen-bond donors (Lipinski definition) is 0.